The van der Waals surface area contributed by atoms with Crippen LogP contribution in [-0.4, -0.2) is 40.0 Å². The average Bonchev–Trinajstić information content (AvgIpc) is 3.42. The lowest BCUT2D eigenvalue weighted by Gasteiger charge is -2.40. The Morgan fingerprint density at radius 1 is 1.14 bits per heavy atom. The van der Waals surface area contributed by atoms with Gasteiger partial charge in [-0.15, -0.1) is 11.3 Å². The molecule has 1 fully saturated rings. The maximum atomic E-state index is 12.5. The van der Waals surface area contributed by atoms with E-state index in [1.807, 2.05) is 18.2 Å². The van der Waals surface area contributed by atoms with Crippen molar-refractivity contribution in [3.05, 3.63) is 65.3 Å². The summed E-state index contributed by atoms with van der Waals surface area (Å²) in [5.41, 5.74) is 7.98. The Morgan fingerprint density at radius 2 is 1.93 bits per heavy atom. The van der Waals surface area contributed by atoms with Crippen molar-refractivity contribution in [2.75, 3.05) is 13.1 Å². The van der Waals surface area contributed by atoms with Gasteiger partial charge in [-0.2, -0.15) is 5.10 Å². The fourth-order valence-corrected chi connectivity index (χ4v) is 4.69. The van der Waals surface area contributed by atoms with Crippen molar-refractivity contribution in [3.63, 3.8) is 0 Å². The molecule has 3 N–H and O–H groups in total. The van der Waals surface area contributed by atoms with Crippen LogP contribution in [0.1, 0.15) is 28.9 Å². The van der Waals surface area contributed by atoms with E-state index in [0.717, 1.165) is 11.1 Å². The molecule has 0 atom stereocenters. The molecular weight excluding hydrogens is 372 g/mol. The molecule has 1 aliphatic heterocycles. The van der Waals surface area contributed by atoms with Crippen LogP contribution in [0.5, 0.6) is 0 Å². The van der Waals surface area contributed by atoms with E-state index in [1.54, 1.807) is 28.5 Å². The molecule has 144 valence electrons. The van der Waals surface area contributed by atoms with E-state index >= 15 is 0 Å². The van der Waals surface area contributed by atoms with E-state index in [1.165, 1.54) is 4.88 Å². The van der Waals surface area contributed by atoms with E-state index in [0.29, 0.717) is 38.0 Å². The number of amides is 2. The van der Waals surface area contributed by atoms with Crippen molar-refractivity contribution in [1.82, 2.24) is 15.1 Å². The highest BCUT2D eigenvalue weighted by molar-refractivity contribution is 7.13. The Labute approximate surface area is 167 Å². The Kier molecular flexibility index (Phi) is 5.00. The number of nitrogens with one attached hydrogen (secondary N) is 1. The molecule has 1 aromatic carbocycles. The number of likely N-dealkylation sites (tertiary alicyclic amines) is 1. The molecule has 2 amide bonds. The monoisotopic (exact) mass is 394 g/mol. The van der Waals surface area contributed by atoms with E-state index in [4.69, 9.17) is 5.73 Å². The number of carbonyl (C=O) groups excluding carboxylic acids is 2. The zero-order chi connectivity index (χ0) is 19.6. The van der Waals surface area contributed by atoms with Crippen LogP contribution >= 0.6 is 11.3 Å². The molecule has 0 aliphatic carbocycles. The number of nitrogens with zero attached hydrogens (tertiary/aromatic N) is 2. The number of rotatable bonds is 5. The minimum Gasteiger partial charge on any atom is -0.369 e. The fraction of sp³-hybridized carbons (Fsp3) is 0.286. The maximum absolute atomic E-state index is 12.5. The number of benzene rings is 1. The van der Waals surface area contributed by atoms with Crippen LogP contribution in [0.15, 0.2) is 54.0 Å². The molecule has 0 radical (unpaired) electrons. The summed E-state index contributed by atoms with van der Waals surface area (Å²) in [5.74, 6) is -0.378. The number of carbonyl (C=O) groups is 2. The van der Waals surface area contributed by atoms with Crippen LogP contribution in [0.25, 0.3) is 10.4 Å². The molecule has 3 aromatic rings. The van der Waals surface area contributed by atoms with Gasteiger partial charge in [0.15, 0.2) is 0 Å². The molecule has 4 rings (SSSR count). The summed E-state index contributed by atoms with van der Waals surface area (Å²) >= 11 is 1.68. The van der Waals surface area contributed by atoms with Crippen LogP contribution in [0.4, 0.5) is 0 Å². The van der Waals surface area contributed by atoms with Gasteiger partial charge in [-0.1, -0.05) is 30.3 Å². The van der Waals surface area contributed by atoms with Gasteiger partial charge >= 0.3 is 0 Å². The van der Waals surface area contributed by atoms with Gasteiger partial charge in [0.1, 0.15) is 5.69 Å². The van der Waals surface area contributed by atoms with Gasteiger partial charge in [0.2, 0.25) is 5.91 Å². The first-order valence-corrected chi connectivity index (χ1v) is 10.2. The van der Waals surface area contributed by atoms with Crippen molar-refractivity contribution in [2.45, 2.75) is 19.3 Å². The quantitative estimate of drug-likeness (QED) is 0.696. The predicted molar refractivity (Wildman–Crippen MR) is 109 cm³/mol. The molecule has 0 spiro atoms. The van der Waals surface area contributed by atoms with Crippen LogP contribution < -0.4 is 5.73 Å². The summed E-state index contributed by atoms with van der Waals surface area (Å²) in [6.07, 6.45) is 3.26. The molecule has 7 heteroatoms. The number of thiophene rings is 1. The number of H-pyrrole nitrogens is 1. The summed E-state index contributed by atoms with van der Waals surface area (Å²) in [5, 5.41) is 8.60. The SMILES string of the molecule is NC(=O)C1(Cc2ccccc2-c2cccs2)CCN(C(=O)c2ccn[nH]2)CC1. The number of aromatic nitrogens is 2. The Morgan fingerprint density at radius 3 is 2.57 bits per heavy atom. The van der Waals surface area contributed by atoms with E-state index in [9.17, 15) is 9.59 Å². The number of aromatic amines is 1. The number of hydrogen-bond acceptors (Lipinski definition) is 4. The third-order valence-corrected chi connectivity index (χ3v) is 6.50. The zero-order valence-corrected chi connectivity index (χ0v) is 16.2. The fourth-order valence-electron chi connectivity index (χ4n) is 3.90. The molecule has 28 heavy (non-hydrogen) atoms. The lowest BCUT2D eigenvalue weighted by molar-refractivity contribution is -0.130. The molecule has 1 saturated heterocycles. The second kappa shape index (κ2) is 7.59. The first kappa shape index (κ1) is 18.4. The van der Waals surface area contributed by atoms with Gasteiger partial charge in [-0.05, 0) is 47.9 Å². The predicted octanol–water partition coefficient (Wildman–Crippen LogP) is 3.09. The van der Waals surface area contributed by atoms with Gasteiger partial charge in [-0.3, -0.25) is 14.7 Å². The highest BCUT2D eigenvalue weighted by atomic mass is 32.1. The first-order valence-electron chi connectivity index (χ1n) is 9.29. The van der Waals surface area contributed by atoms with Crippen molar-refractivity contribution in [1.29, 1.82) is 0 Å². The Bertz CT molecular complexity index is 958. The van der Waals surface area contributed by atoms with Crippen molar-refractivity contribution >= 4 is 23.2 Å². The number of nitrogens with two attached hydrogens (primary N) is 1. The highest BCUT2D eigenvalue weighted by Crippen LogP contribution is 2.38. The zero-order valence-electron chi connectivity index (χ0n) is 15.4. The molecular formula is C21H22N4O2S. The van der Waals surface area contributed by atoms with Gasteiger partial charge in [0, 0.05) is 24.2 Å². The Balaban J connectivity index is 1.55. The lowest BCUT2D eigenvalue weighted by Crippen LogP contribution is -2.50. The maximum Gasteiger partial charge on any atom is 0.271 e. The minimum atomic E-state index is -0.641. The lowest BCUT2D eigenvalue weighted by atomic mass is 9.72. The van der Waals surface area contributed by atoms with E-state index < -0.39 is 5.41 Å². The molecule has 6 nitrogen and oxygen atoms in total. The van der Waals surface area contributed by atoms with Crippen molar-refractivity contribution in [2.24, 2.45) is 11.1 Å². The summed E-state index contributed by atoms with van der Waals surface area (Å²) in [4.78, 5) is 28.0. The topological polar surface area (TPSA) is 92.1 Å². The standard InChI is InChI=1S/C21H22N4O2S/c22-20(27)21(8-11-25(12-9-21)19(26)17-7-10-23-24-17)14-15-4-1-2-5-16(15)18-6-3-13-28-18/h1-7,10,13H,8-9,11-12,14H2,(H2,22,27)(H,23,24). The molecule has 1 aliphatic rings. The molecule has 0 saturated carbocycles. The second-order valence-corrected chi connectivity index (χ2v) is 8.17. The summed E-state index contributed by atoms with van der Waals surface area (Å²) in [6, 6.07) is 14.0. The van der Waals surface area contributed by atoms with Crippen LogP contribution in [-0.2, 0) is 11.2 Å². The minimum absolute atomic E-state index is 0.0884. The number of primary amides is 1. The molecule has 3 heterocycles. The van der Waals surface area contributed by atoms with Gasteiger partial charge in [0.25, 0.3) is 5.91 Å². The van der Waals surface area contributed by atoms with Gasteiger partial charge in [-0.25, -0.2) is 0 Å². The molecule has 2 aromatic heterocycles. The van der Waals surface area contributed by atoms with E-state index in [-0.39, 0.29) is 11.8 Å². The summed E-state index contributed by atoms with van der Waals surface area (Å²) in [7, 11) is 0. The van der Waals surface area contributed by atoms with E-state index in [2.05, 4.69) is 33.8 Å². The van der Waals surface area contributed by atoms with Crippen molar-refractivity contribution < 1.29 is 9.59 Å². The smallest absolute Gasteiger partial charge is 0.271 e. The molecule has 0 bridgehead atoms. The van der Waals surface area contributed by atoms with Crippen LogP contribution in [0.2, 0.25) is 0 Å². The summed E-state index contributed by atoms with van der Waals surface area (Å²) < 4.78 is 0. The highest BCUT2D eigenvalue weighted by Gasteiger charge is 2.41. The normalized spacial score (nSPS) is 16.1. The largest absolute Gasteiger partial charge is 0.369 e. The average molecular weight is 395 g/mol. The second-order valence-electron chi connectivity index (χ2n) is 7.22. The van der Waals surface area contributed by atoms with Gasteiger partial charge in [0.05, 0.1) is 5.41 Å². The number of piperidine rings is 1. The number of hydrogen-bond donors (Lipinski definition) is 2. The third kappa shape index (κ3) is 3.45. The van der Waals surface area contributed by atoms with Crippen molar-refractivity contribution in [3.8, 4) is 10.4 Å². The third-order valence-electron chi connectivity index (χ3n) is 5.59. The van der Waals surface area contributed by atoms with Crippen LogP contribution in [0, 0.1) is 5.41 Å². The van der Waals surface area contributed by atoms with Crippen LogP contribution in [0.3, 0.4) is 0 Å². The first-order chi connectivity index (χ1) is 13.6. The van der Waals surface area contributed by atoms with Gasteiger partial charge < -0.3 is 10.6 Å². The molecule has 0 unspecified atom stereocenters. The Hall–Kier alpha value is -2.93. The summed E-state index contributed by atoms with van der Waals surface area (Å²) in [6.45, 7) is 1.00.